The summed E-state index contributed by atoms with van der Waals surface area (Å²) in [7, 11) is 0. The SMILES string of the molecule is NCCCOc1cc(/C(N)=C/N(N)c2cc(OCCCN)cc(OCCCN)c2)cc(/C(N)=C/N(N)c2cc(OCCCN)cc(OCCCN)c2)c1. The topological polar surface area (TPSA) is 287 Å². The summed E-state index contributed by atoms with van der Waals surface area (Å²) in [5.41, 5.74) is 44.6. The van der Waals surface area contributed by atoms with Crippen LogP contribution in [0.25, 0.3) is 11.4 Å². The summed E-state index contributed by atoms with van der Waals surface area (Å²) >= 11 is 0. The lowest BCUT2D eigenvalue weighted by Gasteiger charge is -2.20. The van der Waals surface area contributed by atoms with Gasteiger partial charge in [0.2, 0.25) is 0 Å². The maximum atomic E-state index is 6.66. The average molecular weight is 738 g/mol. The molecule has 3 aromatic carbocycles. The molecule has 18 N–H and O–H groups in total. The summed E-state index contributed by atoms with van der Waals surface area (Å²) < 4.78 is 29.6. The van der Waals surface area contributed by atoms with Crippen molar-refractivity contribution < 1.29 is 23.7 Å². The van der Waals surface area contributed by atoms with Gasteiger partial charge in [-0.1, -0.05) is 0 Å². The molecular weight excluding hydrogens is 678 g/mol. The molecule has 0 saturated heterocycles. The Morgan fingerprint density at radius 2 is 0.679 bits per heavy atom. The Labute approximate surface area is 312 Å². The second kappa shape index (κ2) is 23.6. The van der Waals surface area contributed by atoms with E-state index < -0.39 is 0 Å². The fourth-order valence-electron chi connectivity index (χ4n) is 4.73. The van der Waals surface area contributed by atoms with Gasteiger partial charge in [-0.05, 0) is 83.0 Å². The molecule has 0 saturated carbocycles. The van der Waals surface area contributed by atoms with Crippen molar-refractivity contribution in [3.63, 3.8) is 0 Å². The second-order valence-corrected chi connectivity index (χ2v) is 12.0. The lowest BCUT2D eigenvalue weighted by molar-refractivity contribution is 0.298. The van der Waals surface area contributed by atoms with Crippen molar-refractivity contribution in [1.29, 1.82) is 0 Å². The molecule has 0 aromatic heterocycles. The van der Waals surface area contributed by atoms with Crippen LogP contribution in [0.15, 0.2) is 67.0 Å². The van der Waals surface area contributed by atoms with Crippen LogP contribution in [0.2, 0.25) is 0 Å². The molecule has 0 fully saturated rings. The lowest BCUT2D eigenvalue weighted by Crippen LogP contribution is -2.26. The standard InChI is InChI=1S/C37H59N11O5/c38-6-1-11-49-31-17-27(36(43)25-47(45)29-19-32(50-12-2-7-39)23-33(20-29)51-13-3-8-40)16-28(18-31)37(44)26-48(46)30-21-34(52-14-4-9-41)24-35(22-30)53-15-5-10-42/h16-26H,1-15,38-46H2/b36-25-,37-26-. The minimum Gasteiger partial charge on any atom is -0.494 e. The maximum absolute atomic E-state index is 6.66. The molecule has 0 unspecified atom stereocenters. The number of nitrogens with two attached hydrogens (primary N) is 9. The molecule has 0 aliphatic heterocycles. The maximum Gasteiger partial charge on any atom is 0.125 e. The van der Waals surface area contributed by atoms with Gasteiger partial charge in [0.25, 0.3) is 0 Å². The van der Waals surface area contributed by atoms with Crippen molar-refractivity contribution in [3.05, 3.63) is 78.1 Å². The molecule has 0 heterocycles. The van der Waals surface area contributed by atoms with Crippen molar-refractivity contribution >= 4 is 22.8 Å². The summed E-state index contributed by atoms with van der Waals surface area (Å²) in [5, 5.41) is 2.78. The molecule has 0 aliphatic carbocycles. The van der Waals surface area contributed by atoms with Gasteiger partial charge < -0.3 is 63.8 Å². The van der Waals surface area contributed by atoms with E-state index in [9.17, 15) is 0 Å². The predicted molar refractivity (Wildman–Crippen MR) is 213 cm³/mol. The van der Waals surface area contributed by atoms with Crippen molar-refractivity contribution in [1.82, 2.24) is 0 Å². The number of rotatable bonds is 26. The molecule has 0 spiro atoms. The zero-order valence-electron chi connectivity index (χ0n) is 30.6. The predicted octanol–water partition coefficient (Wildman–Crippen LogP) is 1.60. The van der Waals surface area contributed by atoms with Crippen LogP contribution < -0.4 is 85.5 Å². The van der Waals surface area contributed by atoms with Gasteiger partial charge in [-0.15, -0.1) is 0 Å². The number of anilines is 2. The van der Waals surface area contributed by atoms with Crippen LogP contribution in [0.5, 0.6) is 28.7 Å². The van der Waals surface area contributed by atoms with E-state index in [0.29, 0.717) is 161 Å². The van der Waals surface area contributed by atoms with E-state index in [4.69, 9.17) is 75.5 Å². The van der Waals surface area contributed by atoms with Crippen LogP contribution in [0.3, 0.4) is 0 Å². The first-order valence-corrected chi connectivity index (χ1v) is 17.8. The molecule has 16 heteroatoms. The van der Waals surface area contributed by atoms with Crippen molar-refractivity contribution in [3.8, 4) is 28.7 Å². The van der Waals surface area contributed by atoms with Crippen molar-refractivity contribution in [2.24, 2.45) is 51.8 Å². The van der Waals surface area contributed by atoms with E-state index >= 15 is 0 Å². The van der Waals surface area contributed by atoms with Crippen LogP contribution in [0.1, 0.15) is 43.2 Å². The molecule has 53 heavy (non-hydrogen) atoms. The monoisotopic (exact) mass is 737 g/mol. The Kier molecular flexibility index (Phi) is 18.9. The molecule has 16 nitrogen and oxygen atoms in total. The van der Waals surface area contributed by atoms with Crippen molar-refractivity contribution in [2.45, 2.75) is 32.1 Å². The third kappa shape index (κ3) is 14.9. The molecule has 0 bridgehead atoms. The molecule has 0 amide bonds. The zero-order valence-corrected chi connectivity index (χ0v) is 30.6. The minimum atomic E-state index is 0.331. The van der Waals surface area contributed by atoms with Gasteiger partial charge in [0.15, 0.2) is 0 Å². The number of hydrogen-bond acceptors (Lipinski definition) is 16. The zero-order chi connectivity index (χ0) is 38.4. The third-order valence-corrected chi connectivity index (χ3v) is 7.54. The van der Waals surface area contributed by atoms with E-state index in [1.54, 1.807) is 60.9 Å². The fraction of sp³-hybridized carbons (Fsp3) is 0.405. The van der Waals surface area contributed by atoms with Gasteiger partial charge in [-0.2, -0.15) is 0 Å². The summed E-state index contributed by atoms with van der Waals surface area (Å²) in [6.07, 6.45) is 6.60. The van der Waals surface area contributed by atoms with E-state index in [0.717, 1.165) is 0 Å². The number of ether oxygens (including phenoxy) is 5. The average Bonchev–Trinajstić information content (AvgIpc) is 3.15. The van der Waals surface area contributed by atoms with Gasteiger partial charge in [-0.3, -0.25) is 10.0 Å². The first-order valence-electron chi connectivity index (χ1n) is 17.8. The largest absolute Gasteiger partial charge is 0.494 e. The number of nitrogens with zero attached hydrogens (tertiary/aromatic N) is 2. The molecule has 3 aromatic rings. The Bertz CT molecular complexity index is 1430. The van der Waals surface area contributed by atoms with Crippen molar-refractivity contribution in [2.75, 3.05) is 75.8 Å². The number of hydrazine groups is 2. The van der Waals surface area contributed by atoms with Gasteiger partial charge in [0, 0.05) is 59.9 Å². The summed E-state index contributed by atoms with van der Waals surface area (Å²) in [5.74, 6) is 15.9. The van der Waals surface area contributed by atoms with Gasteiger partial charge in [0.05, 0.1) is 55.8 Å². The first kappa shape index (κ1) is 42.5. The highest BCUT2D eigenvalue weighted by Crippen LogP contribution is 2.31. The van der Waals surface area contributed by atoms with E-state index in [1.165, 1.54) is 10.0 Å². The summed E-state index contributed by atoms with van der Waals surface area (Å²) in [6.45, 7) is 4.66. The normalized spacial score (nSPS) is 11.7. The first-order chi connectivity index (χ1) is 25.7. The van der Waals surface area contributed by atoms with Crippen LogP contribution >= 0.6 is 0 Å². The van der Waals surface area contributed by atoms with Crippen LogP contribution in [0, 0.1) is 0 Å². The van der Waals surface area contributed by atoms with Crippen LogP contribution in [-0.4, -0.2) is 65.8 Å². The smallest absolute Gasteiger partial charge is 0.125 e. The lowest BCUT2D eigenvalue weighted by atomic mass is 10.1. The second-order valence-electron chi connectivity index (χ2n) is 12.0. The molecule has 292 valence electrons. The Morgan fingerprint density at radius 1 is 0.415 bits per heavy atom. The molecular formula is C37H59N11O5. The highest BCUT2D eigenvalue weighted by atomic mass is 16.5. The minimum absolute atomic E-state index is 0.331. The van der Waals surface area contributed by atoms with E-state index in [2.05, 4.69) is 0 Å². The third-order valence-electron chi connectivity index (χ3n) is 7.54. The highest BCUT2D eigenvalue weighted by Gasteiger charge is 2.13. The van der Waals surface area contributed by atoms with Gasteiger partial charge >= 0.3 is 0 Å². The Balaban J connectivity index is 1.96. The molecule has 0 radical (unpaired) electrons. The molecule has 0 aliphatic rings. The number of hydrogen-bond donors (Lipinski definition) is 9. The quantitative estimate of drug-likeness (QED) is 0.0321. The number of benzene rings is 3. The Morgan fingerprint density at radius 3 is 0.943 bits per heavy atom. The fourth-order valence-corrected chi connectivity index (χ4v) is 4.73. The summed E-state index contributed by atoms with van der Waals surface area (Å²) in [6, 6.07) is 16.2. The molecule has 0 atom stereocenters. The van der Waals surface area contributed by atoms with Gasteiger partial charge in [-0.25, -0.2) is 11.7 Å². The summed E-state index contributed by atoms with van der Waals surface area (Å²) in [4.78, 5) is 0. The Hall–Kier alpha value is -4.94. The van der Waals surface area contributed by atoms with Crippen LogP contribution in [0.4, 0.5) is 11.4 Å². The van der Waals surface area contributed by atoms with E-state index in [-0.39, 0.29) is 0 Å². The van der Waals surface area contributed by atoms with E-state index in [1.807, 2.05) is 6.07 Å². The highest BCUT2D eigenvalue weighted by molar-refractivity contribution is 5.74. The van der Waals surface area contributed by atoms with Gasteiger partial charge in [0.1, 0.15) is 28.7 Å². The van der Waals surface area contributed by atoms with Crippen LogP contribution in [-0.2, 0) is 0 Å². The molecule has 3 rings (SSSR count).